The molecule has 2 aromatic carbocycles. The van der Waals surface area contributed by atoms with Gasteiger partial charge in [-0.25, -0.2) is 8.42 Å². The zero-order chi connectivity index (χ0) is 20.4. The fourth-order valence-electron chi connectivity index (χ4n) is 2.92. The summed E-state index contributed by atoms with van der Waals surface area (Å²) in [6.45, 7) is 4.00. The predicted molar refractivity (Wildman–Crippen MR) is 109 cm³/mol. The summed E-state index contributed by atoms with van der Waals surface area (Å²) in [5.74, 6) is 1.07. The first-order chi connectivity index (χ1) is 13.9. The number of benzene rings is 2. The molecule has 0 saturated carbocycles. The fraction of sp³-hybridized carbons (Fsp3) is 0.182. The van der Waals surface area contributed by atoms with Gasteiger partial charge in [-0.3, -0.25) is 0 Å². The first kappa shape index (κ1) is 19.1. The van der Waals surface area contributed by atoms with E-state index in [9.17, 15) is 8.42 Å². The maximum atomic E-state index is 12.6. The molecule has 148 valence electrons. The Labute approximate surface area is 169 Å². The van der Waals surface area contributed by atoms with E-state index in [0.717, 1.165) is 17.5 Å². The van der Waals surface area contributed by atoms with Crippen LogP contribution in [-0.4, -0.2) is 18.6 Å². The largest absolute Gasteiger partial charge is 0.455 e. The molecule has 0 unspecified atom stereocenters. The van der Waals surface area contributed by atoms with Gasteiger partial charge in [-0.15, -0.1) is 0 Å². The molecule has 7 heteroatoms. The molecule has 0 aliphatic carbocycles. The molecule has 0 atom stereocenters. The van der Waals surface area contributed by atoms with Gasteiger partial charge >= 0.3 is 0 Å². The molecular formula is C22H20N2O4S. The van der Waals surface area contributed by atoms with Crippen LogP contribution >= 0.6 is 0 Å². The number of nitrogens with zero attached hydrogens (tertiary/aromatic N) is 2. The van der Waals surface area contributed by atoms with Crippen LogP contribution in [0.5, 0.6) is 0 Å². The number of aryl methyl sites for hydroxylation is 2. The van der Waals surface area contributed by atoms with Crippen LogP contribution in [0.15, 0.2) is 74.5 Å². The highest BCUT2D eigenvalue weighted by atomic mass is 32.2. The van der Waals surface area contributed by atoms with Gasteiger partial charge in [0.05, 0.1) is 4.90 Å². The van der Waals surface area contributed by atoms with Crippen LogP contribution in [0.25, 0.3) is 23.0 Å². The Morgan fingerprint density at radius 1 is 0.931 bits per heavy atom. The summed E-state index contributed by atoms with van der Waals surface area (Å²) in [6.07, 6.45) is 0.957. The quantitative estimate of drug-likeness (QED) is 0.454. The Bertz CT molecular complexity index is 1220. The molecule has 0 N–H and O–H groups in total. The predicted octanol–water partition coefficient (Wildman–Crippen LogP) is 4.84. The first-order valence-electron chi connectivity index (χ1n) is 9.26. The second kappa shape index (κ2) is 7.67. The van der Waals surface area contributed by atoms with Crippen molar-refractivity contribution in [1.82, 2.24) is 10.1 Å². The lowest BCUT2D eigenvalue weighted by atomic mass is 10.1. The molecule has 0 aliphatic rings. The van der Waals surface area contributed by atoms with E-state index in [2.05, 4.69) is 17.1 Å². The monoisotopic (exact) mass is 408 g/mol. The number of rotatable bonds is 6. The molecule has 0 aliphatic heterocycles. The highest BCUT2D eigenvalue weighted by Gasteiger charge is 2.20. The molecule has 4 aromatic rings. The molecule has 0 amide bonds. The van der Waals surface area contributed by atoms with Crippen molar-refractivity contribution >= 4 is 9.84 Å². The third kappa shape index (κ3) is 4.14. The summed E-state index contributed by atoms with van der Waals surface area (Å²) in [6, 6.07) is 17.9. The minimum absolute atomic E-state index is 0.207. The van der Waals surface area contributed by atoms with E-state index in [-0.39, 0.29) is 16.5 Å². The molecule has 4 rings (SSSR count). The summed E-state index contributed by atoms with van der Waals surface area (Å²) in [5.41, 5.74) is 3.06. The van der Waals surface area contributed by atoms with Crippen LogP contribution in [0, 0.1) is 6.92 Å². The zero-order valence-corrected chi connectivity index (χ0v) is 16.9. The average Bonchev–Trinajstić information content (AvgIpc) is 3.38. The normalized spacial score (nSPS) is 11.7. The second-order valence-electron chi connectivity index (χ2n) is 6.81. The molecule has 0 bridgehead atoms. The highest BCUT2D eigenvalue weighted by Crippen LogP contribution is 2.26. The van der Waals surface area contributed by atoms with E-state index >= 15 is 0 Å². The van der Waals surface area contributed by atoms with Crippen molar-refractivity contribution in [2.24, 2.45) is 0 Å². The van der Waals surface area contributed by atoms with Gasteiger partial charge < -0.3 is 8.94 Å². The van der Waals surface area contributed by atoms with Crippen molar-refractivity contribution in [2.45, 2.75) is 30.9 Å². The van der Waals surface area contributed by atoms with Crippen LogP contribution in [-0.2, 0) is 22.0 Å². The van der Waals surface area contributed by atoms with Crippen molar-refractivity contribution in [1.29, 1.82) is 0 Å². The molecule has 2 aromatic heterocycles. The highest BCUT2D eigenvalue weighted by molar-refractivity contribution is 7.90. The van der Waals surface area contributed by atoms with Crippen molar-refractivity contribution in [2.75, 3.05) is 0 Å². The molecular weight excluding hydrogens is 388 g/mol. The number of aromatic nitrogens is 2. The van der Waals surface area contributed by atoms with Gasteiger partial charge in [-0.1, -0.05) is 54.0 Å². The number of sulfone groups is 1. The minimum atomic E-state index is -3.50. The van der Waals surface area contributed by atoms with E-state index in [4.69, 9.17) is 8.94 Å². The van der Waals surface area contributed by atoms with Gasteiger partial charge in [0.2, 0.25) is 5.82 Å². The number of hydrogen-bond acceptors (Lipinski definition) is 6. The first-order valence-corrected chi connectivity index (χ1v) is 10.9. The SMILES string of the molecule is CCc1ccc(-c2noc(-c3ccc(CS(=O)(=O)c4ccc(C)cc4)o3)n2)cc1. The van der Waals surface area contributed by atoms with Crippen molar-refractivity contribution < 1.29 is 17.4 Å². The second-order valence-corrected chi connectivity index (χ2v) is 8.80. The number of furan rings is 1. The fourth-order valence-corrected chi connectivity index (χ4v) is 4.16. The summed E-state index contributed by atoms with van der Waals surface area (Å²) >= 11 is 0. The Hall–Kier alpha value is -3.19. The van der Waals surface area contributed by atoms with E-state index in [1.54, 1.807) is 36.4 Å². The molecule has 0 radical (unpaired) electrons. The van der Waals surface area contributed by atoms with E-state index in [1.165, 1.54) is 5.56 Å². The molecule has 0 saturated heterocycles. The molecule has 29 heavy (non-hydrogen) atoms. The lowest BCUT2D eigenvalue weighted by Gasteiger charge is -2.02. The summed E-state index contributed by atoms with van der Waals surface area (Å²) in [4.78, 5) is 4.62. The van der Waals surface area contributed by atoms with Crippen molar-refractivity contribution in [3.63, 3.8) is 0 Å². The Morgan fingerprint density at radius 2 is 1.66 bits per heavy atom. The minimum Gasteiger partial charge on any atom is -0.455 e. The van der Waals surface area contributed by atoms with Gasteiger partial charge in [-0.2, -0.15) is 4.98 Å². The van der Waals surface area contributed by atoms with E-state index in [0.29, 0.717) is 17.3 Å². The molecule has 0 fully saturated rings. The zero-order valence-electron chi connectivity index (χ0n) is 16.1. The van der Waals surface area contributed by atoms with Gasteiger partial charge in [0.25, 0.3) is 5.89 Å². The smallest absolute Gasteiger partial charge is 0.293 e. The maximum absolute atomic E-state index is 12.6. The van der Waals surface area contributed by atoms with E-state index in [1.807, 2.05) is 31.2 Å². The van der Waals surface area contributed by atoms with E-state index < -0.39 is 9.84 Å². The lowest BCUT2D eigenvalue weighted by Crippen LogP contribution is -2.04. The van der Waals surface area contributed by atoms with Crippen LogP contribution in [0.4, 0.5) is 0 Å². The maximum Gasteiger partial charge on any atom is 0.293 e. The Morgan fingerprint density at radius 3 is 2.34 bits per heavy atom. The van der Waals surface area contributed by atoms with Gasteiger partial charge in [0.15, 0.2) is 15.6 Å². The van der Waals surface area contributed by atoms with Crippen LogP contribution in [0.3, 0.4) is 0 Å². The summed E-state index contributed by atoms with van der Waals surface area (Å²) < 4.78 is 36.1. The molecule has 0 spiro atoms. The van der Waals surface area contributed by atoms with Gasteiger partial charge in [0.1, 0.15) is 11.5 Å². The van der Waals surface area contributed by atoms with Gasteiger partial charge in [-0.05, 0) is 43.2 Å². The van der Waals surface area contributed by atoms with Crippen LogP contribution < -0.4 is 0 Å². The Kier molecular flexibility index (Phi) is 5.07. The number of hydrogen-bond donors (Lipinski definition) is 0. The Balaban J connectivity index is 1.53. The van der Waals surface area contributed by atoms with Crippen LogP contribution in [0.2, 0.25) is 0 Å². The standard InChI is InChI=1S/C22H20N2O4S/c1-3-16-6-8-17(9-7-16)21-23-22(28-24-21)20-13-10-18(27-20)14-29(25,26)19-11-4-15(2)5-12-19/h4-13H,3,14H2,1-2H3. The summed E-state index contributed by atoms with van der Waals surface area (Å²) in [5, 5.41) is 3.99. The van der Waals surface area contributed by atoms with Crippen molar-refractivity contribution in [3.8, 4) is 23.0 Å². The van der Waals surface area contributed by atoms with Crippen molar-refractivity contribution in [3.05, 3.63) is 77.6 Å². The summed E-state index contributed by atoms with van der Waals surface area (Å²) in [7, 11) is -3.50. The third-order valence-corrected chi connectivity index (χ3v) is 6.29. The molecule has 2 heterocycles. The van der Waals surface area contributed by atoms with Crippen LogP contribution in [0.1, 0.15) is 23.8 Å². The average molecular weight is 408 g/mol. The molecule has 6 nitrogen and oxygen atoms in total. The lowest BCUT2D eigenvalue weighted by molar-refractivity contribution is 0.413. The third-order valence-electron chi connectivity index (χ3n) is 4.63. The topological polar surface area (TPSA) is 86.2 Å². The van der Waals surface area contributed by atoms with Gasteiger partial charge in [0, 0.05) is 5.56 Å².